The zero-order valence-corrected chi connectivity index (χ0v) is 15.2. The van der Waals surface area contributed by atoms with Crippen LogP contribution in [0, 0.1) is 5.92 Å². The molecule has 148 valence electrons. The number of amides is 1. The molecule has 3 aromatic rings. The van der Waals surface area contributed by atoms with Crippen molar-refractivity contribution in [2.45, 2.75) is 33.1 Å². The van der Waals surface area contributed by atoms with Gasteiger partial charge in [-0.15, -0.1) is 0 Å². The third-order valence-electron chi connectivity index (χ3n) is 3.99. The largest absolute Gasteiger partial charge is 0.471 e. The summed E-state index contributed by atoms with van der Waals surface area (Å²) in [6, 6.07) is 10.1. The monoisotopic (exact) mass is 393 g/mol. The van der Waals surface area contributed by atoms with E-state index in [0.717, 1.165) is 5.56 Å². The van der Waals surface area contributed by atoms with Gasteiger partial charge in [-0.25, -0.2) is 0 Å². The quantitative estimate of drug-likeness (QED) is 0.615. The molecule has 3 rings (SSSR count). The summed E-state index contributed by atoms with van der Waals surface area (Å²) in [6.07, 6.45) is -3.14. The fourth-order valence-corrected chi connectivity index (χ4v) is 2.60. The van der Waals surface area contributed by atoms with Crippen LogP contribution in [0.5, 0.6) is 0 Å². The topological polar surface area (TPSA) is 72.4 Å². The van der Waals surface area contributed by atoms with E-state index in [4.69, 9.17) is 4.42 Å². The van der Waals surface area contributed by atoms with E-state index in [-0.39, 0.29) is 17.6 Å². The van der Waals surface area contributed by atoms with Crippen LogP contribution in [-0.4, -0.2) is 20.9 Å². The van der Waals surface area contributed by atoms with Crippen molar-refractivity contribution in [3.8, 4) is 11.4 Å². The summed E-state index contributed by atoms with van der Waals surface area (Å²) >= 11 is 0. The van der Waals surface area contributed by atoms with Crippen LogP contribution < -0.4 is 0 Å². The molecule has 0 atom stereocenters. The first kappa shape index (κ1) is 19.7. The fraction of sp³-hybridized carbons (Fsp3) is 0.316. The Morgan fingerprint density at radius 3 is 2.39 bits per heavy atom. The number of furan rings is 1. The highest BCUT2D eigenvalue weighted by molar-refractivity contribution is 5.78. The van der Waals surface area contributed by atoms with Crippen LogP contribution in [-0.2, 0) is 24.1 Å². The molecular formula is C19H18F3N3O3. The molecule has 0 fully saturated rings. The minimum atomic E-state index is -4.69. The average molecular weight is 393 g/mol. The SMILES string of the molecule is CC(C)C(=O)N(Cc1ccc(-c2noc(C(F)(F)F)n2)cc1)Cc1ccco1. The smallest absolute Gasteiger partial charge is 0.467 e. The molecule has 0 aliphatic rings. The van der Waals surface area contributed by atoms with Gasteiger partial charge in [0.15, 0.2) is 0 Å². The van der Waals surface area contributed by atoms with Gasteiger partial charge < -0.3 is 13.8 Å². The van der Waals surface area contributed by atoms with Crippen molar-refractivity contribution < 1.29 is 26.9 Å². The van der Waals surface area contributed by atoms with Gasteiger partial charge >= 0.3 is 12.1 Å². The number of rotatable bonds is 6. The lowest BCUT2D eigenvalue weighted by atomic mass is 10.1. The molecular weight excluding hydrogens is 375 g/mol. The lowest BCUT2D eigenvalue weighted by molar-refractivity contribution is -0.159. The summed E-state index contributed by atoms with van der Waals surface area (Å²) in [5.74, 6) is -1.09. The van der Waals surface area contributed by atoms with E-state index < -0.39 is 12.1 Å². The van der Waals surface area contributed by atoms with Gasteiger partial charge in [0.25, 0.3) is 0 Å². The number of nitrogens with zero attached hydrogens (tertiary/aromatic N) is 3. The molecule has 0 aliphatic carbocycles. The van der Waals surface area contributed by atoms with Crippen molar-refractivity contribution >= 4 is 5.91 Å². The molecule has 0 N–H and O–H groups in total. The summed E-state index contributed by atoms with van der Waals surface area (Å²) < 4.78 is 47.3. The second-order valence-electron chi connectivity index (χ2n) is 6.55. The Labute approximate surface area is 158 Å². The zero-order valence-electron chi connectivity index (χ0n) is 15.2. The molecule has 1 aromatic carbocycles. The first-order valence-electron chi connectivity index (χ1n) is 8.55. The summed E-state index contributed by atoms with van der Waals surface area (Å²) in [6.45, 7) is 4.29. The van der Waals surface area contributed by atoms with Gasteiger partial charge in [-0.3, -0.25) is 4.79 Å². The molecule has 6 nitrogen and oxygen atoms in total. The van der Waals surface area contributed by atoms with Crippen LogP contribution in [0.3, 0.4) is 0 Å². The number of carbonyl (C=O) groups excluding carboxylic acids is 1. The van der Waals surface area contributed by atoms with Gasteiger partial charge in [0.2, 0.25) is 11.7 Å². The minimum Gasteiger partial charge on any atom is -0.467 e. The third kappa shape index (κ3) is 4.59. The van der Waals surface area contributed by atoms with E-state index in [1.54, 1.807) is 47.6 Å². The first-order valence-corrected chi connectivity index (χ1v) is 8.55. The highest BCUT2D eigenvalue weighted by atomic mass is 19.4. The normalized spacial score (nSPS) is 11.8. The van der Waals surface area contributed by atoms with E-state index in [1.807, 2.05) is 13.8 Å². The summed E-state index contributed by atoms with van der Waals surface area (Å²) in [5, 5.41) is 3.36. The molecule has 1 amide bonds. The lowest BCUT2D eigenvalue weighted by Gasteiger charge is -2.24. The highest BCUT2D eigenvalue weighted by Gasteiger charge is 2.38. The molecule has 0 bridgehead atoms. The number of carbonyl (C=O) groups is 1. The van der Waals surface area contributed by atoms with E-state index >= 15 is 0 Å². The lowest BCUT2D eigenvalue weighted by Crippen LogP contribution is -2.33. The van der Waals surface area contributed by atoms with Gasteiger partial charge in [0.05, 0.1) is 12.8 Å². The maximum absolute atomic E-state index is 12.6. The predicted molar refractivity (Wildman–Crippen MR) is 92.5 cm³/mol. The molecule has 9 heteroatoms. The van der Waals surface area contributed by atoms with Crippen LogP contribution in [0.2, 0.25) is 0 Å². The number of aromatic nitrogens is 2. The number of halogens is 3. The van der Waals surface area contributed by atoms with E-state index in [0.29, 0.717) is 24.4 Å². The van der Waals surface area contributed by atoms with Gasteiger partial charge in [-0.05, 0) is 17.7 Å². The Bertz CT molecular complexity index is 916. The van der Waals surface area contributed by atoms with Crippen molar-refractivity contribution in [1.29, 1.82) is 0 Å². The van der Waals surface area contributed by atoms with Crippen LogP contribution in [0.4, 0.5) is 13.2 Å². The number of hydrogen-bond donors (Lipinski definition) is 0. The Balaban J connectivity index is 1.75. The molecule has 28 heavy (non-hydrogen) atoms. The molecule has 0 aliphatic heterocycles. The summed E-state index contributed by atoms with van der Waals surface area (Å²) in [5.41, 5.74) is 1.19. The van der Waals surface area contributed by atoms with E-state index in [1.165, 1.54) is 0 Å². The molecule has 2 heterocycles. The minimum absolute atomic E-state index is 0.0338. The number of hydrogen-bond acceptors (Lipinski definition) is 5. The predicted octanol–water partition coefficient (Wildman–Crippen LogP) is 4.53. The van der Waals surface area contributed by atoms with Gasteiger partial charge in [-0.1, -0.05) is 43.3 Å². The first-order chi connectivity index (χ1) is 13.2. The third-order valence-corrected chi connectivity index (χ3v) is 3.99. The summed E-state index contributed by atoms with van der Waals surface area (Å²) in [4.78, 5) is 17.5. The Kier molecular flexibility index (Phi) is 5.53. The van der Waals surface area contributed by atoms with Gasteiger partial charge in [0.1, 0.15) is 5.76 Å². The standard InChI is InChI=1S/C19H18F3N3O3/c1-12(2)17(26)25(11-15-4-3-9-27-15)10-13-5-7-14(8-6-13)16-23-18(28-24-16)19(20,21)22/h3-9,12H,10-11H2,1-2H3. The Hall–Kier alpha value is -3.10. The van der Waals surface area contributed by atoms with Crippen LogP contribution >= 0.6 is 0 Å². The van der Waals surface area contributed by atoms with Crippen molar-refractivity contribution in [2.75, 3.05) is 0 Å². The zero-order chi connectivity index (χ0) is 20.3. The highest BCUT2D eigenvalue weighted by Crippen LogP contribution is 2.29. The summed E-state index contributed by atoms with van der Waals surface area (Å²) in [7, 11) is 0. The molecule has 0 radical (unpaired) electrons. The molecule has 0 saturated carbocycles. The molecule has 0 unspecified atom stereocenters. The van der Waals surface area contributed by atoms with Crippen molar-refractivity contribution in [3.05, 3.63) is 59.9 Å². The number of benzene rings is 1. The Morgan fingerprint density at radius 2 is 1.86 bits per heavy atom. The second-order valence-corrected chi connectivity index (χ2v) is 6.55. The van der Waals surface area contributed by atoms with Gasteiger partial charge in [-0.2, -0.15) is 18.2 Å². The van der Waals surface area contributed by atoms with E-state index in [9.17, 15) is 18.0 Å². The van der Waals surface area contributed by atoms with Crippen LogP contribution in [0.15, 0.2) is 51.6 Å². The van der Waals surface area contributed by atoms with Gasteiger partial charge in [0, 0.05) is 18.0 Å². The van der Waals surface area contributed by atoms with E-state index in [2.05, 4.69) is 14.7 Å². The van der Waals surface area contributed by atoms with Crippen molar-refractivity contribution in [1.82, 2.24) is 15.0 Å². The molecule has 0 spiro atoms. The maximum Gasteiger partial charge on any atom is 0.471 e. The number of alkyl halides is 3. The van der Waals surface area contributed by atoms with Crippen molar-refractivity contribution in [2.24, 2.45) is 5.92 Å². The van der Waals surface area contributed by atoms with Crippen LogP contribution in [0.25, 0.3) is 11.4 Å². The Morgan fingerprint density at radius 1 is 1.14 bits per heavy atom. The molecule has 0 saturated heterocycles. The average Bonchev–Trinajstić information content (AvgIpc) is 3.32. The fourth-order valence-electron chi connectivity index (χ4n) is 2.60. The second kappa shape index (κ2) is 7.87. The van der Waals surface area contributed by atoms with Crippen molar-refractivity contribution in [3.63, 3.8) is 0 Å². The maximum atomic E-state index is 12.6. The van der Waals surface area contributed by atoms with Crippen LogP contribution in [0.1, 0.15) is 31.1 Å². The molecule has 2 aromatic heterocycles.